The molecule has 84 valence electrons. The number of hydrogen-bond donors (Lipinski definition) is 1. The maximum absolute atomic E-state index is 11.6. The smallest absolute Gasteiger partial charge is 0.248 e. The van der Waals surface area contributed by atoms with Crippen molar-refractivity contribution in [3.8, 4) is 0 Å². The number of hydrogen-bond acceptors (Lipinski definition) is 3. The van der Waals surface area contributed by atoms with Crippen molar-refractivity contribution in [1.82, 2.24) is 5.01 Å². The molecule has 0 spiro atoms. The summed E-state index contributed by atoms with van der Waals surface area (Å²) in [6.45, 7) is 0.859. The van der Waals surface area contributed by atoms with Gasteiger partial charge in [0.05, 0.1) is 18.7 Å². The Morgan fingerprint density at radius 1 is 1.44 bits per heavy atom. The molecule has 0 saturated carbocycles. The van der Waals surface area contributed by atoms with E-state index in [4.69, 9.17) is 17.3 Å². The number of benzene rings is 1. The lowest BCUT2D eigenvalue weighted by Gasteiger charge is -2.08. The maximum Gasteiger partial charge on any atom is 0.248 e. The van der Waals surface area contributed by atoms with Gasteiger partial charge >= 0.3 is 0 Å². The van der Waals surface area contributed by atoms with Crippen LogP contribution >= 0.6 is 11.6 Å². The molecule has 0 aliphatic carbocycles. The van der Waals surface area contributed by atoms with Gasteiger partial charge in [-0.3, -0.25) is 4.79 Å². The lowest BCUT2D eigenvalue weighted by Crippen LogP contribution is -2.26. The summed E-state index contributed by atoms with van der Waals surface area (Å²) in [5.41, 5.74) is 6.92. The molecular weight excluding hydrogens is 226 g/mol. The van der Waals surface area contributed by atoms with Crippen LogP contribution in [0.3, 0.4) is 0 Å². The zero-order valence-corrected chi connectivity index (χ0v) is 9.44. The van der Waals surface area contributed by atoms with Crippen molar-refractivity contribution in [1.29, 1.82) is 0 Å². The predicted octanol–water partition coefficient (Wildman–Crippen LogP) is 1.24. The Labute approximate surface area is 98.7 Å². The summed E-state index contributed by atoms with van der Waals surface area (Å²) in [5.74, 6) is -0.0274. The van der Waals surface area contributed by atoms with Crippen LogP contribution < -0.4 is 5.73 Å². The summed E-state index contributed by atoms with van der Waals surface area (Å²) in [5, 5.41) is 6.24. The van der Waals surface area contributed by atoms with Crippen LogP contribution in [0.1, 0.15) is 12.0 Å². The molecule has 1 heterocycles. The van der Waals surface area contributed by atoms with E-state index in [1.54, 1.807) is 6.07 Å². The van der Waals surface area contributed by atoms with Gasteiger partial charge in [-0.05, 0) is 6.07 Å². The van der Waals surface area contributed by atoms with Gasteiger partial charge in [0.15, 0.2) is 0 Å². The minimum atomic E-state index is -0.0274. The molecule has 1 amide bonds. The first-order chi connectivity index (χ1) is 7.72. The Kier molecular flexibility index (Phi) is 3.22. The van der Waals surface area contributed by atoms with Gasteiger partial charge in [0, 0.05) is 17.1 Å². The normalized spacial score (nSPS) is 15.5. The molecule has 16 heavy (non-hydrogen) atoms. The molecule has 1 aromatic carbocycles. The van der Waals surface area contributed by atoms with E-state index in [1.807, 2.05) is 18.2 Å². The van der Waals surface area contributed by atoms with Crippen LogP contribution in [0.2, 0.25) is 5.02 Å². The molecular formula is C11H12ClN3O. The van der Waals surface area contributed by atoms with Crippen molar-refractivity contribution in [2.24, 2.45) is 10.8 Å². The average molecular weight is 238 g/mol. The fourth-order valence-corrected chi connectivity index (χ4v) is 1.86. The monoisotopic (exact) mass is 237 g/mol. The molecule has 1 aliphatic heterocycles. The van der Waals surface area contributed by atoms with E-state index in [2.05, 4.69) is 5.10 Å². The lowest BCUT2D eigenvalue weighted by atomic mass is 10.1. The van der Waals surface area contributed by atoms with Crippen molar-refractivity contribution in [2.45, 2.75) is 6.42 Å². The number of hydrazone groups is 1. The highest BCUT2D eigenvalue weighted by Crippen LogP contribution is 2.21. The molecule has 1 aromatic rings. The van der Waals surface area contributed by atoms with Gasteiger partial charge < -0.3 is 5.73 Å². The van der Waals surface area contributed by atoms with Crippen molar-refractivity contribution in [2.75, 3.05) is 13.1 Å². The fraction of sp³-hybridized carbons (Fsp3) is 0.273. The van der Waals surface area contributed by atoms with Crippen LogP contribution in [0.4, 0.5) is 0 Å². The van der Waals surface area contributed by atoms with E-state index in [0.29, 0.717) is 30.2 Å². The quantitative estimate of drug-likeness (QED) is 0.860. The SMILES string of the molecule is NCCN1N=C(c2ccccc2Cl)CC1=O. The highest BCUT2D eigenvalue weighted by Gasteiger charge is 2.24. The summed E-state index contributed by atoms with van der Waals surface area (Å²) in [7, 11) is 0. The van der Waals surface area contributed by atoms with Gasteiger partial charge in [-0.15, -0.1) is 0 Å². The minimum Gasteiger partial charge on any atom is -0.329 e. The third-order valence-electron chi connectivity index (χ3n) is 2.37. The van der Waals surface area contributed by atoms with E-state index in [9.17, 15) is 4.79 Å². The van der Waals surface area contributed by atoms with Crippen LogP contribution in [-0.4, -0.2) is 29.7 Å². The standard InChI is InChI=1S/C11H12ClN3O/c12-9-4-2-1-3-8(9)10-7-11(16)15(14-10)6-5-13/h1-4H,5-7,13H2. The topological polar surface area (TPSA) is 58.7 Å². The van der Waals surface area contributed by atoms with Crippen molar-refractivity contribution >= 4 is 23.2 Å². The van der Waals surface area contributed by atoms with Crippen LogP contribution in [-0.2, 0) is 4.79 Å². The van der Waals surface area contributed by atoms with Gasteiger partial charge in [0.25, 0.3) is 0 Å². The van der Waals surface area contributed by atoms with Gasteiger partial charge in [0.2, 0.25) is 5.91 Å². The third kappa shape index (κ3) is 2.08. The van der Waals surface area contributed by atoms with Gasteiger partial charge in [-0.1, -0.05) is 29.8 Å². The summed E-state index contributed by atoms with van der Waals surface area (Å²) in [4.78, 5) is 11.6. The number of carbonyl (C=O) groups is 1. The van der Waals surface area contributed by atoms with Crippen molar-refractivity contribution in [3.05, 3.63) is 34.9 Å². The average Bonchev–Trinajstić information content (AvgIpc) is 2.61. The molecule has 2 N–H and O–H groups in total. The third-order valence-corrected chi connectivity index (χ3v) is 2.70. The van der Waals surface area contributed by atoms with E-state index >= 15 is 0 Å². The number of carbonyl (C=O) groups excluding carboxylic acids is 1. The summed E-state index contributed by atoms with van der Waals surface area (Å²) in [6.07, 6.45) is 0.295. The Morgan fingerprint density at radius 2 is 2.19 bits per heavy atom. The molecule has 2 rings (SSSR count). The Morgan fingerprint density at radius 3 is 2.88 bits per heavy atom. The fourth-order valence-electron chi connectivity index (χ4n) is 1.61. The Hall–Kier alpha value is -1.39. The molecule has 0 aromatic heterocycles. The highest BCUT2D eigenvalue weighted by molar-refractivity contribution is 6.35. The highest BCUT2D eigenvalue weighted by atomic mass is 35.5. The second kappa shape index (κ2) is 4.63. The molecule has 0 bridgehead atoms. The van der Waals surface area contributed by atoms with Crippen LogP contribution in [0.25, 0.3) is 0 Å². The summed E-state index contributed by atoms with van der Waals surface area (Å²) < 4.78 is 0. The van der Waals surface area contributed by atoms with E-state index in [1.165, 1.54) is 5.01 Å². The molecule has 5 heteroatoms. The summed E-state index contributed by atoms with van der Waals surface area (Å²) >= 11 is 6.04. The zero-order chi connectivity index (χ0) is 11.5. The summed E-state index contributed by atoms with van der Waals surface area (Å²) in [6, 6.07) is 7.37. The van der Waals surface area contributed by atoms with E-state index < -0.39 is 0 Å². The molecule has 0 unspecified atom stereocenters. The molecule has 1 aliphatic rings. The number of nitrogens with zero attached hydrogens (tertiary/aromatic N) is 2. The first-order valence-electron chi connectivity index (χ1n) is 5.05. The van der Waals surface area contributed by atoms with Gasteiger partial charge in [-0.25, -0.2) is 5.01 Å². The largest absolute Gasteiger partial charge is 0.329 e. The Bertz CT molecular complexity index is 445. The van der Waals surface area contributed by atoms with Crippen LogP contribution in [0.15, 0.2) is 29.4 Å². The maximum atomic E-state index is 11.6. The number of halogens is 1. The molecule has 0 radical (unpaired) electrons. The molecule has 4 nitrogen and oxygen atoms in total. The van der Waals surface area contributed by atoms with Crippen LogP contribution in [0.5, 0.6) is 0 Å². The first-order valence-corrected chi connectivity index (χ1v) is 5.43. The van der Waals surface area contributed by atoms with Gasteiger partial charge in [-0.2, -0.15) is 5.10 Å². The number of rotatable bonds is 3. The van der Waals surface area contributed by atoms with E-state index in [0.717, 1.165) is 5.56 Å². The van der Waals surface area contributed by atoms with E-state index in [-0.39, 0.29) is 5.91 Å². The number of nitrogens with two attached hydrogens (primary N) is 1. The second-order valence-corrected chi connectivity index (χ2v) is 3.92. The number of amides is 1. The minimum absolute atomic E-state index is 0.0274. The molecule has 0 saturated heterocycles. The van der Waals surface area contributed by atoms with Crippen LogP contribution in [0, 0.1) is 0 Å². The van der Waals surface area contributed by atoms with Gasteiger partial charge in [0.1, 0.15) is 0 Å². The lowest BCUT2D eigenvalue weighted by molar-refractivity contribution is -0.128. The Balaban J connectivity index is 2.27. The second-order valence-electron chi connectivity index (χ2n) is 3.51. The first kappa shape index (κ1) is 11.1. The molecule has 0 fully saturated rings. The van der Waals surface area contributed by atoms with Crippen molar-refractivity contribution < 1.29 is 4.79 Å². The predicted molar refractivity (Wildman–Crippen MR) is 63.4 cm³/mol. The molecule has 0 atom stereocenters. The van der Waals surface area contributed by atoms with Crippen molar-refractivity contribution in [3.63, 3.8) is 0 Å². The zero-order valence-electron chi connectivity index (χ0n) is 8.69.